The van der Waals surface area contributed by atoms with Crippen molar-refractivity contribution in [1.82, 2.24) is 25.2 Å². The lowest BCUT2D eigenvalue weighted by atomic mass is 10.1. The molecule has 40 heavy (non-hydrogen) atoms. The van der Waals surface area contributed by atoms with Crippen LogP contribution in [0.1, 0.15) is 22.4 Å². The second-order valence-electron chi connectivity index (χ2n) is 8.98. The molecule has 0 saturated heterocycles. The molecule has 8 heteroatoms. The molecule has 2 aromatic carbocycles. The lowest BCUT2D eigenvalue weighted by molar-refractivity contribution is -0.109. The highest BCUT2D eigenvalue weighted by Crippen LogP contribution is 2.15. The Morgan fingerprint density at radius 3 is 2.17 bits per heavy atom. The van der Waals surface area contributed by atoms with Crippen LogP contribution in [0.3, 0.4) is 0 Å². The van der Waals surface area contributed by atoms with Crippen molar-refractivity contribution in [2.24, 2.45) is 0 Å². The average molecular weight is 534 g/mol. The van der Waals surface area contributed by atoms with Gasteiger partial charge in [-0.05, 0) is 60.9 Å². The maximum absolute atomic E-state index is 10.5. The summed E-state index contributed by atoms with van der Waals surface area (Å²) in [7, 11) is 0. The minimum Gasteiger partial charge on any atom is -0.361 e. The van der Waals surface area contributed by atoms with Gasteiger partial charge in [0.2, 0.25) is 6.41 Å². The molecule has 3 heterocycles. The maximum Gasteiger partial charge on any atom is 0.207 e. The van der Waals surface area contributed by atoms with Crippen LogP contribution in [0.25, 0.3) is 10.9 Å². The maximum atomic E-state index is 10.5. The summed E-state index contributed by atoms with van der Waals surface area (Å²) in [6.07, 6.45) is 8.17. The van der Waals surface area contributed by atoms with Gasteiger partial charge in [0, 0.05) is 47.8 Å². The fourth-order valence-corrected chi connectivity index (χ4v) is 3.81. The van der Waals surface area contributed by atoms with Crippen LogP contribution < -0.4 is 5.32 Å². The third kappa shape index (κ3) is 9.64. The number of amides is 1. The summed E-state index contributed by atoms with van der Waals surface area (Å²) in [5.74, 6) is 0.487. The molecule has 0 aliphatic heterocycles. The molecular formula is C32H35N7O. The van der Waals surface area contributed by atoms with Crippen LogP contribution in [-0.2, 0) is 17.8 Å². The fraction of sp³-hybridized carbons (Fsp3) is 0.156. The van der Waals surface area contributed by atoms with Gasteiger partial charge in [-0.3, -0.25) is 25.6 Å². The first-order valence-electron chi connectivity index (χ1n) is 12.9. The Labute approximate surface area is 235 Å². The van der Waals surface area contributed by atoms with Crippen molar-refractivity contribution in [3.8, 4) is 0 Å². The molecule has 0 unspecified atom stereocenters. The van der Waals surface area contributed by atoms with Gasteiger partial charge in [0.25, 0.3) is 0 Å². The highest BCUT2D eigenvalue weighted by molar-refractivity contribution is 6.00. The van der Waals surface area contributed by atoms with Crippen molar-refractivity contribution in [3.05, 3.63) is 132 Å². The predicted octanol–water partition coefficient (Wildman–Crippen LogP) is 5.69. The quantitative estimate of drug-likeness (QED) is 0.122. The van der Waals surface area contributed by atoms with Gasteiger partial charge in [-0.1, -0.05) is 54.6 Å². The SMILES string of the molecule is Cc1c[nH]c2ccccc12.Cc1ccccn1.N=C(CNC=O)N(Cc1ccncc1)C(=N)Cc1ccccc1. The predicted molar refractivity (Wildman–Crippen MR) is 161 cm³/mol. The zero-order valence-electron chi connectivity index (χ0n) is 22.8. The summed E-state index contributed by atoms with van der Waals surface area (Å²) < 4.78 is 0. The van der Waals surface area contributed by atoms with Gasteiger partial charge >= 0.3 is 0 Å². The van der Waals surface area contributed by atoms with Gasteiger partial charge in [-0.25, -0.2) is 0 Å². The zero-order chi connectivity index (χ0) is 28.6. The minimum absolute atomic E-state index is 0.0890. The molecule has 4 N–H and O–H groups in total. The molecule has 0 spiro atoms. The van der Waals surface area contributed by atoms with Crippen molar-refractivity contribution >= 4 is 29.0 Å². The Balaban J connectivity index is 0.000000209. The largest absolute Gasteiger partial charge is 0.361 e. The highest BCUT2D eigenvalue weighted by atomic mass is 16.1. The third-order valence-corrected chi connectivity index (χ3v) is 5.92. The topological polar surface area (TPSA) is 122 Å². The van der Waals surface area contributed by atoms with E-state index in [0.717, 1.165) is 16.8 Å². The standard InChI is InChI=1S/C17H19N5O.C9H9N.C6H7N/c18-16(10-14-4-2-1-3-5-14)22(17(19)11-21-13-23)12-15-6-8-20-9-7-15;1-7-6-10-9-5-3-2-4-8(7)9;1-6-4-2-3-5-7-6/h1-9,13,18-19H,10-12H2,(H,21,23);2-6,10H,1H3;2-5H,1H3. The number of rotatable bonds is 7. The number of nitrogens with one attached hydrogen (secondary N) is 4. The number of aromatic nitrogens is 3. The number of fused-ring (bicyclic) bond motifs is 1. The van der Waals surface area contributed by atoms with Crippen LogP contribution in [0.15, 0.2) is 110 Å². The summed E-state index contributed by atoms with van der Waals surface area (Å²) in [5, 5.41) is 20.3. The van der Waals surface area contributed by atoms with E-state index in [2.05, 4.69) is 45.4 Å². The summed E-state index contributed by atoms with van der Waals surface area (Å²) in [5.41, 5.74) is 5.57. The molecule has 1 amide bonds. The minimum atomic E-state index is 0.0890. The summed E-state index contributed by atoms with van der Waals surface area (Å²) in [6, 6.07) is 27.5. The molecule has 3 aromatic heterocycles. The number of H-pyrrole nitrogens is 1. The van der Waals surface area contributed by atoms with Crippen LogP contribution in [0, 0.1) is 24.7 Å². The van der Waals surface area contributed by atoms with Crippen LogP contribution >= 0.6 is 0 Å². The molecule has 0 bridgehead atoms. The van der Waals surface area contributed by atoms with Crippen molar-refractivity contribution in [3.63, 3.8) is 0 Å². The zero-order valence-corrected chi connectivity index (χ0v) is 22.8. The van der Waals surface area contributed by atoms with Crippen molar-refractivity contribution in [2.45, 2.75) is 26.8 Å². The lowest BCUT2D eigenvalue weighted by Crippen LogP contribution is -2.41. The van der Waals surface area contributed by atoms with E-state index in [1.54, 1.807) is 23.5 Å². The number of hydrogen-bond donors (Lipinski definition) is 4. The average Bonchev–Trinajstić information content (AvgIpc) is 3.37. The van der Waals surface area contributed by atoms with Gasteiger partial charge < -0.3 is 15.2 Å². The van der Waals surface area contributed by atoms with Crippen molar-refractivity contribution in [1.29, 1.82) is 10.8 Å². The van der Waals surface area contributed by atoms with Gasteiger partial charge in [-0.15, -0.1) is 0 Å². The van der Waals surface area contributed by atoms with Crippen LogP contribution in [0.5, 0.6) is 0 Å². The monoisotopic (exact) mass is 533 g/mol. The molecule has 0 saturated carbocycles. The second kappa shape index (κ2) is 16.0. The molecule has 0 aliphatic carbocycles. The first-order chi connectivity index (χ1) is 19.5. The number of nitrogens with zero attached hydrogens (tertiary/aromatic N) is 3. The number of hydrogen-bond acceptors (Lipinski definition) is 5. The van der Waals surface area contributed by atoms with Gasteiger partial charge in [0.05, 0.1) is 13.1 Å². The van der Waals surface area contributed by atoms with Crippen molar-refractivity contribution < 1.29 is 4.79 Å². The number of amidine groups is 2. The Morgan fingerprint density at radius 2 is 1.55 bits per heavy atom. The van der Waals surface area contributed by atoms with E-state index in [1.165, 1.54) is 16.5 Å². The number of aromatic amines is 1. The molecule has 5 aromatic rings. The van der Waals surface area contributed by atoms with E-state index in [4.69, 9.17) is 10.8 Å². The third-order valence-electron chi connectivity index (χ3n) is 5.92. The van der Waals surface area contributed by atoms with Crippen LogP contribution in [0.2, 0.25) is 0 Å². The molecule has 0 aliphatic rings. The number of aryl methyl sites for hydroxylation is 2. The van der Waals surface area contributed by atoms with E-state index < -0.39 is 0 Å². The van der Waals surface area contributed by atoms with Crippen LogP contribution in [0.4, 0.5) is 0 Å². The first kappa shape index (κ1) is 29.4. The van der Waals surface area contributed by atoms with Gasteiger partial charge in [0.1, 0.15) is 11.7 Å². The van der Waals surface area contributed by atoms with E-state index in [9.17, 15) is 4.79 Å². The molecule has 0 fully saturated rings. The first-order valence-corrected chi connectivity index (χ1v) is 12.9. The van der Waals surface area contributed by atoms with E-state index in [-0.39, 0.29) is 12.4 Å². The lowest BCUT2D eigenvalue weighted by Gasteiger charge is -2.26. The smallest absolute Gasteiger partial charge is 0.207 e. The van der Waals surface area contributed by atoms with Gasteiger partial charge in [0.15, 0.2) is 0 Å². The molecule has 204 valence electrons. The number of carbonyl (C=O) groups excluding carboxylic acids is 1. The number of pyridine rings is 2. The fourth-order valence-electron chi connectivity index (χ4n) is 3.81. The molecule has 5 rings (SSSR count). The Hall–Kier alpha value is -5.11. The summed E-state index contributed by atoms with van der Waals surface area (Å²) in [4.78, 5) is 23.2. The molecular weight excluding hydrogens is 498 g/mol. The highest BCUT2D eigenvalue weighted by Gasteiger charge is 2.16. The number of benzene rings is 2. The number of para-hydroxylation sites is 1. The molecule has 8 nitrogen and oxygen atoms in total. The Kier molecular flexibility index (Phi) is 11.8. The summed E-state index contributed by atoms with van der Waals surface area (Å²) >= 11 is 0. The van der Waals surface area contributed by atoms with Crippen molar-refractivity contribution in [2.75, 3.05) is 6.54 Å². The van der Waals surface area contributed by atoms with E-state index >= 15 is 0 Å². The normalized spacial score (nSPS) is 9.85. The van der Waals surface area contributed by atoms with Gasteiger partial charge in [-0.2, -0.15) is 0 Å². The van der Waals surface area contributed by atoms with E-state index in [1.807, 2.05) is 79.9 Å². The van der Waals surface area contributed by atoms with Crippen LogP contribution in [-0.4, -0.2) is 44.5 Å². The number of carbonyl (C=O) groups is 1. The molecule has 0 atom stereocenters. The Bertz CT molecular complexity index is 1470. The second-order valence-corrected chi connectivity index (χ2v) is 8.98. The van der Waals surface area contributed by atoms with E-state index in [0.29, 0.717) is 25.2 Å². The molecule has 0 radical (unpaired) electrons. The Morgan fingerprint density at radius 1 is 0.850 bits per heavy atom. The summed E-state index contributed by atoms with van der Waals surface area (Å²) in [6.45, 7) is 4.57.